The Morgan fingerprint density at radius 1 is 1.50 bits per heavy atom. The normalized spacial score (nSPS) is 16.8. The smallest absolute Gasteiger partial charge is 0.238 e. The van der Waals surface area contributed by atoms with E-state index in [-0.39, 0.29) is 24.5 Å². The van der Waals surface area contributed by atoms with Gasteiger partial charge >= 0.3 is 0 Å². The van der Waals surface area contributed by atoms with Crippen LogP contribution >= 0.6 is 15.9 Å². The van der Waals surface area contributed by atoms with Gasteiger partial charge in [-0.25, -0.2) is 0 Å². The van der Waals surface area contributed by atoms with Gasteiger partial charge in [-0.05, 0) is 35.1 Å². The molecule has 0 aromatic heterocycles. The molecule has 110 valence electrons. The molecule has 0 radical (unpaired) electrons. The van der Waals surface area contributed by atoms with Crippen molar-refractivity contribution in [2.24, 2.45) is 5.41 Å². The van der Waals surface area contributed by atoms with Crippen molar-refractivity contribution in [1.29, 1.82) is 0 Å². The van der Waals surface area contributed by atoms with Crippen molar-refractivity contribution in [3.05, 3.63) is 28.7 Å². The van der Waals surface area contributed by atoms with Gasteiger partial charge < -0.3 is 15.2 Å². The van der Waals surface area contributed by atoms with Gasteiger partial charge in [-0.2, -0.15) is 0 Å². The first-order chi connectivity index (χ1) is 9.54. The molecule has 2 rings (SSSR count). The fourth-order valence-corrected chi connectivity index (χ4v) is 2.63. The predicted octanol–water partition coefficient (Wildman–Crippen LogP) is 1.33. The third-order valence-electron chi connectivity index (χ3n) is 3.32. The summed E-state index contributed by atoms with van der Waals surface area (Å²) in [6.07, 6.45) is 0. The van der Waals surface area contributed by atoms with E-state index in [1.807, 2.05) is 36.2 Å². The van der Waals surface area contributed by atoms with E-state index in [0.717, 1.165) is 10.2 Å². The average molecular weight is 343 g/mol. The number of ether oxygens (including phenoxy) is 1. The largest absolute Gasteiger partial charge is 0.396 e. The van der Waals surface area contributed by atoms with Gasteiger partial charge in [0, 0.05) is 11.0 Å². The summed E-state index contributed by atoms with van der Waals surface area (Å²) in [4.78, 5) is 13.9. The van der Waals surface area contributed by atoms with Crippen molar-refractivity contribution in [1.82, 2.24) is 4.90 Å². The van der Waals surface area contributed by atoms with Crippen LogP contribution in [0.3, 0.4) is 0 Å². The molecule has 1 aliphatic heterocycles. The zero-order valence-corrected chi connectivity index (χ0v) is 13.0. The number of nitrogens with zero attached hydrogens (tertiary/aromatic N) is 1. The molecule has 1 amide bonds. The summed E-state index contributed by atoms with van der Waals surface area (Å²) in [5.41, 5.74) is 0.553. The number of anilines is 1. The molecular formula is C14H19BrN2O3. The Hall–Kier alpha value is -0.950. The van der Waals surface area contributed by atoms with Crippen molar-refractivity contribution in [3.63, 3.8) is 0 Å². The third-order valence-corrected chi connectivity index (χ3v) is 4.01. The molecule has 0 aliphatic carbocycles. The number of carbonyl (C=O) groups is 1. The number of nitrogens with one attached hydrogen (secondary N) is 1. The molecule has 5 nitrogen and oxygen atoms in total. The van der Waals surface area contributed by atoms with Crippen LogP contribution in [0.25, 0.3) is 0 Å². The molecule has 1 aromatic rings. The minimum atomic E-state index is -0.206. The van der Waals surface area contributed by atoms with Gasteiger partial charge in [0.25, 0.3) is 0 Å². The van der Waals surface area contributed by atoms with Crippen LogP contribution in [0, 0.1) is 5.41 Å². The Kier molecular flexibility index (Phi) is 5.15. The number of amides is 1. The zero-order chi connectivity index (χ0) is 14.6. The van der Waals surface area contributed by atoms with Crippen molar-refractivity contribution in [3.8, 4) is 0 Å². The summed E-state index contributed by atoms with van der Waals surface area (Å²) in [6, 6.07) is 7.49. The van der Waals surface area contributed by atoms with Crippen LogP contribution in [0.4, 0.5) is 5.69 Å². The first-order valence-electron chi connectivity index (χ1n) is 6.46. The number of rotatable bonds is 6. The maximum Gasteiger partial charge on any atom is 0.238 e. The highest BCUT2D eigenvalue weighted by molar-refractivity contribution is 9.10. The maximum absolute atomic E-state index is 12.0. The van der Waals surface area contributed by atoms with E-state index in [2.05, 4.69) is 21.2 Å². The highest BCUT2D eigenvalue weighted by Crippen LogP contribution is 2.27. The van der Waals surface area contributed by atoms with E-state index < -0.39 is 0 Å². The van der Waals surface area contributed by atoms with E-state index in [0.29, 0.717) is 19.8 Å². The van der Waals surface area contributed by atoms with E-state index in [9.17, 15) is 9.90 Å². The summed E-state index contributed by atoms with van der Waals surface area (Å²) in [5, 5.41) is 12.2. The SMILES string of the molecule is CN(CC(=O)Nc1ccccc1Br)CC1(CO)COC1. The molecule has 2 N–H and O–H groups in total. The molecule has 1 aromatic carbocycles. The van der Waals surface area contributed by atoms with E-state index >= 15 is 0 Å². The maximum atomic E-state index is 12.0. The second-order valence-corrected chi connectivity index (χ2v) is 6.21. The number of hydrogen-bond donors (Lipinski definition) is 2. The fraction of sp³-hybridized carbons (Fsp3) is 0.500. The van der Waals surface area contributed by atoms with E-state index in [4.69, 9.17) is 4.74 Å². The van der Waals surface area contributed by atoms with Crippen molar-refractivity contribution >= 4 is 27.5 Å². The van der Waals surface area contributed by atoms with Gasteiger partial charge in [0.1, 0.15) is 0 Å². The van der Waals surface area contributed by atoms with Gasteiger partial charge in [-0.1, -0.05) is 12.1 Å². The third kappa shape index (κ3) is 3.79. The van der Waals surface area contributed by atoms with Gasteiger partial charge in [-0.3, -0.25) is 9.69 Å². The van der Waals surface area contributed by atoms with Crippen LogP contribution in [-0.2, 0) is 9.53 Å². The van der Waals surface area contributed by atoms with Crippen LogP contribution in [0.1, 0.15) is 0 Å². The molecule has 0 spiro atoms. The molecule has 6 heteroatoms. The topological polar surface area (TPSA) is 61.8 Å². The molecule has 20 heavy (non-hydrogen) atoms. The number of halogens is 1. The molecule has 1 heterocycles. The lowest BCUT2D eigenvalue weighted by Gasteiger charge is -2.42. The number of para-hydroxylation sites is 1. The molecule has 0 unspecified atom stereocenters. The average Bonchev–Trinajstić information content (AvgIpc) is 2.36. The molecule has 0 saturated carbocycles. The summed E-state index contributed by atoms with van der Waals surface area (Å²) in [7, 11) is 1.87. The van der Waals surface area contributed by atoms with Crippen LogP contribution in [-0.4, -0.2) is 55.9 Å². The standard InChI is InChI=1S/C14H19BrN2O3/c1-17(7-14(8-18)9-20-10-14)6-13(19)16-12-5-3-2-4-11(12)15/h2-5,18H,6-10H2,1H3,(H,16,19). The Morgan fingerprint density at radius 3 is 2.75 bits per heavy atom. The Balaban J connectivity index is 1.84. The summed E-state index contributed by atoms with van der Waals surface area (Å²) < 4.78 is 6.01. The van der Waals surface area contributed by atoms with Crippen LogP contribution in [0.15, 0.2) is 28.7 Å². The molecule has 1 saturated heterocycles. The van der Waals surface area contributed by atoms with Crippen LogP contribution in [0.2, 0.25) is 0 Å². The molecule has 1 aliphatic rings. The lowest BCUT2D eigenvalue weighted by atomic mass is 9.86. The van der Waals surface area contributed by atoms with Gasteiger partial charge in [0.15, 0.2) is 0 Å². The summed E-state index contributed by atoms with van der Waals surface area (Å²) in [5.74, 6) is -0.0762. The first-order valence-corrected chi connectivity index (χ1v) is 7.25. The lowest BCUT2D eigenvalue weighted by molar-refractivity contribution is -0.147. The monoisotopic (exact) mass is 342 g/mol. The Morgan fingerprint density at radius 2 is 2.20 bits per heavy atom. The fourth-order valence-electron chi connectivity index (χ4n) is 2.25. The minimum absolute atomic E-state index is 0.0762. The van der Waals surface area contributed by atoms with Crippen molar-refractivity contribution in [2.75, 3.05) is 45.3 Å². The Bertz CT molecular complexity index is 472. The molecule has 1 fully saturated rings. The second kappa shape index (κ2) is 6.67. The number of hydrogen-bond acceptors (Lipinski definition) is 4. The number of likely N-dealkylation sites (N-methyl/N-ethyl adjacent to an activating group) is 1. The zero-order valence-electron chi connectivity index (χ0n) is 11.4. The highest BCUT2D eigenvalue weighted by Gasteiger charge is 2.39. The van der Waals surface area contributed by atoms with E-state index in [1.54, 1.807) is 0 Å². The minimum Gasteiger partial charge on any atom is -0.396 e. The Labute approximate surface area is 127 Å². The highest BCUT2D eigenvalue weighted by atomic mass is 79.9. The van der Waals surface area contributed by atoms with Crippen molar-refractivity contribution < 1.29 is 14.6 Å². The van der Waals surface area contributed by atoms with Gasteiger partial charge in [-0.15, -0.1) is 0 Å². The number of aliphatic hydroxyl groups is 1. The van der Waals surface area contributed by atoms with Crippen LogP contribution < -0.4 is 5.32 Å². The quantitative estimate of drug-likeness (QED) is 0.818. The second-order valence-electron chi connectivity index (χ2n) is 5.35. The molecular weight excluding hydrogens is 324 g/mol. The number of aliphatic hydroxyl groups excluding tert-OH is 1. The molecule has 0 atom stereocenters. The van der Waals surface area contributed by atoms with Gasteiger partial charge in [0.2, 0.25) is 5.91 Å². The summed E-state index contributed by atoms with van der Waals surface area (Å²) in [6.45, 7) is 2.12. The molecule has 0 bridgehead atoms. The number of carbonyl (C=O) groups excluding carboxylic acids is 1. The predicted molar refractivity (Wildman–Crippen MR) is 80.6 cm³/mol. The number of benzene rings is 1. The van der Waals surface area contributed by atoms with E-state index in [1.165, 1.54) is 0 Å². The first kappa shape index (κ1) is 15.4. The van der Waals surface area contributed by atoms with Crippen molar-refractivity contribution in [2.45, 2.75) is 0 Å². The van der Waals surface area contributed by atoms with Crippen LogP contribution in [0.5, 0.6) is 0 Å². The summed E-state index contributed by atoms with van der Waals surface area (Å²) >= 11 is 3.39. The lowest BCUT2D eigenvalue weighted by Crippen LogP contribution is -2.53. The van der Waals surface area contributed by atoms with Gasteiger partial charge in [0.05, 0.1) is 37.5 Å².